The molecule has 4 nitrogen and oxygen atoms in total. The fourth-order valence-electron chi connectivity index (χ4n) is 1.59. The molecule has 94 valence electrons. The second kappa shape index (κ2) is 6.74. The normalized spacial score (nSPS) is 12.7. The molecule has 0 heterocycles. The summed E-state index contributed by atoms with van der Waals surface area (Å²) >= 11 is 3.48. The maximum absolute atomic E-state index is 10.9. The summed E-state index contributed by atoms with van der Waals surface area (Å²) in [6.07, 6.45) is 0. The van der Waals surface area contributed by atoms with Crippen LogP contribution in [0.2, 0.25) is 0 Å². The van der Waals surface area contributed by atoms with Gasteiger partial charge in [0.2, 0.25) is 0 Å². The van der Waals surface area contributed by atoms with Crippen molar-refractivity contribution in [1.29, 1.82) is 0 Å². The molecule has 0 aliphatic carbocycles. The van der Waals surface area contributed by atoms with E-state index in [-0.39, 0.29) is 0 Å². The molecule has 1 rings (SSSR count). The molecule has 2 N–H and O–H groups in total. The van der Waals surface area contributed by atoms with Crippen molar-refractivity contribution in [2.45, 2.75) is 12.6 Å². The van der Waals surface area contributed by atoms with Gasteiger partial charge in [-0.15, -0.1) is 0 Å². The molecule has 1 unspecified atom stereocenters. The first-order valence-corrected chi connectivity index (χ1v) is 6.16. The van der Waals surface area contributed by atoms with Gasteiger partial charge in [0.05, 0.1) is 0 Å². The van der Waals surface area contributed by atoms with Crippen LogP contribution in [0.4, 0.5) is 0 Å². The molecule has 0 amide bonds. The van der Waals surface area contributed by atoms with E-state index in [0.717, 1.165) is 10.0 Å². The SMILES string of the molecule is CNC(CN(C)Cc1ccccc1Br)C(=O)O. The van der Waals surface area contributed by atoms with E-state index in [1.54, 1.807) is 7.05 Å². The Labute approximate surface area is 110 Å². The lowest BCUT2D eigenvalue weighted by Gasteiger charge is -2.21. The molecule has 5 heteroatoms. The molecular formula is C12H17BrN2O2. The third kappa shape index (κ3) is 4.46. The Morgan fingerprint density at radius 3 is 2.71 bits per heavy atom. The summed E-state index contributed by atoms with van der Waals surface area (Å²) in [5, 5.41) is 11.7. The standard InChI is InChI=1S/C12H17BrN2O2/c1-14-11(12(16)17)8-15(2)7-9-5-3-4-6-10(9)13/h3-6,11,14H,7-8H2,1-2H3,(H,16,17). The fourth-order valence-corrected chi connectivity index (χ4v) is 2.00. The van der Waals surface area contributed by atoms with Gasteiger partial charge in [0.15, 0.2) is 0 Å². The van der Waals surface area contributed by atoms with Gasteiger partial charge < -0.3 is 10.4 Å². The first-order valence-electron chi connectivity index (χ1n) is 5.36. The molecule has 17 heavy (non-hydrogen) atoms. The summed E-state index contributed by atoms with van der Waals surface area (Å²) < 4.78 is 1.04. The topological polar surface area (TPSA) is 52.6 Å². The summed E-state index contributed by atoms with van der Waals surface area (Å²) in [7, 11) is 3.57. The third-order valence-electron chi connectivity index (χ3n) is 2.54. The highest BCUT2D eigenvalue weighted by Crippen LogP contribution is 2.17. The van der Waals surface area contributed by atoms with Crippen molar-refractivity contribution in [3.63, 3.8) is 0 Å². The lowest BCUT2D eigenvalue weighted by atomic mass is 10.2. The Hall–Kier alpha value is -0.910. The number of carbonyl (C=O) groups is 1. The Balaban J connectivity index is 2.58. The van der Waals surface area contributed by atoms with Crippen molar-refractivity contribution >= 4 is 21.9 Å². The van der Waals surface area contributed by atoms with E-state index in [0.29, 0.717) is 13.1 Å². The minimum atomic E-state index is -0.827. The van der Waals surface area contributed by atoms with Crippen LogP contribution in [0.1, 0.15) is 5.56 Å². The number of carboxylic acid groups (broad SMARTS) is 1. The number of nitrogens with one attached hydrogen (secondary N) is 1. The molecule has 0 radical (unpaired) electrons. The average molecular weight is 301 g/mol. The predicted octanol–water partition coefficient (Wildman–Crippen LogP) is 1.55. The number of likely N-dealkylation sites (N-methyl/N-ethyl adjacent to an activating group) is 2. The summed E-state index contributed by atoms with van der Waals surface area (Å²) in [6.45, 7) is 1.18. The van der Waals surface area contributed by atoms with Crippen molar-refractivity contribution in [2.75, 3.05) is 20.6 Å². The molecule has 1 aromatic rings. The maximum atomic E-state index is 10.9. The molecule has 0 spiro atoms. The molecule has 0 saturated carbocycles. The lowest BCUT2D eigenvalue weighted by molar-refractivity contribution is -0.139. The van der Waals surface area contributed by atoms with Crippen LogP contribution >= 0.6 is 15.9 Å². The summed E-state index contributed by atoms with van der Waals surface area (Å²) in [5.74, 6) is -0.827. The molecule has 1 aromatic carbocycles. The van der Waals surface area contributed by atoms with Crippen LogP contribution in [0.25, 0.3) is 0 Å². The van der Waals surface area contributed by atoms with E-state index in [4.69, 9.17) is 5.11 Å². The van der Waals surface area contributed by atoms with Crippen LogP contribution in [0.15, 0.2) is 28.7 Å². The van der Waals surface area contributed by atoms with Gasteiger partial charge in [-0.05, 0) is 25.7 Å². The second-order valence-electron chi connectivity index (χ2n) is 3.97. The zero-order valence-corrected chi connectivity index (χ0v) is 11.6. The molecule has 0 fully saturated rings. The van der Waals surface area contributed by atoms with Crippen LogP contribution in [-0.2, 0) is 11.3 Å². The highest BCUT2D eigenvalue weighted by Gasteiger charge is 2.17. The Kier molecular flexibility index (Phi) is 5.61. The highest BCUT2D eigenvalue weighted by molar-refractivity contribution is 9.10. The largest absolute Gasteiger partial charge is 0.480 e. The van der Waals surface area contributed by atoms with Crippen molar-refractivity contribution in [3.05, 3.63) is 34.3 Å². The van der Waals surface area contributed by atoms with Crippen molar-refractivity contribution in [1.82, 2.24) is 10.2 Å². The van der Waals surface area contributed by atoms with Gasteiger partial charge in [-0.2, -0.15) is 0 Å². The number of aliphatic carboxylic acids is 1. The van der Waals surface area contributed by atoms with Crippen molar-refractivity contribution < 1.29 is 9.90 Å². The molecule has 0 aliphatic heterocycles. The van der Waals surface area contributed by atoms with E-state index in [9.17, 15) is 4.79 Å². The quantitative estimate of drug-likeness (QED) is 0.837. The minimum Gasteiger partial charge on any atom is -0.480 e. The Bertz CT molecular complexity index is 385. The van der Waals surface area contributed by atoms with Gasteiger partial charge in [0.1, 0.15) is 6.04 Å². The van der Waals surface area contributed by atoms with Gasteiger partial charge >= 0.3 is 5.97 Å². The number of nitrogens with zero attached hydrogens (tertiary/aromatic N) is 1. The average Bonchev–Trinajstić information content (AvgIpc) is 2.28. The minimum absolute atomic E-state index is 0.465. The monoisotopic (exact) mass is 300 g/mol. The molecule has 0 aromatic heterocycles. The highest BCUT2D eigenvalue weighted by atomic mass is 79.9. The van der Waals surface area contributed by atoms with E-state index in [1.807, 2.05) is 36.2 Å². The number of halogens is 1. The first kappa shape index (κ1) is 14.2. The van der Waals surface area contributed by atoms with Crippen molar-refractivity contribution in [2.24, 2.45) is 0 Å². The number of hydrogen-bond acceptors (Lipinski definition) is 3. The van der Waals surface area contributed by atoms with Crippen LogP contribution in [0.5, 0.6) is 0 Å². The van der Waals surface area contributed by atoms with E-state index in [2.05, 4.69) is 21.2 Å². The zero-order valence-electron chi connectivity index (χ0n) is 9.98. The lowest BCUT2D eigenvalue weighted by Crippen LogP contribution is -2.43. The molecule has 1 atom stereocenters. The summed E-state index contributed by atoms with van der Waals surface area (Å²) in [5.41, 5.74) is 1.15. The first-order chi connectivity index (χ1) is 8.04. The summed E-state index contributed by atoms with van der Waals surface area (Å²) in [4.78, 5) is 12.9. The van der Waals surface area contributed by atoms with Crippen LogP contribution in [-0.4, -0.2) is 42.7 Å². The summed E-state index contributed by atoms with van der Waals surface area (Å²) in [6, 6.07) is 7.40. The predicted molar refractivity (Wildman–Crippen MR) is 71.0 cm³/mol. The molecule has 0 bridgehead atoms. The Morgan fingerprint density at radius 1 is 1.53 bits per heavy atom. The van der Waals surface area contributed by atoms with Gasteiger partial charge in [-0.25, -0.2) is 0 Å². The zero-order chi connectivity index (χ0) is 12.8. The number of hydrogen-bond donors (Lipinski definition) is 2. The molecule has 0 aliphatic rings. The second-order valence-corrected chi connectivity index (χ2v) is 4.82. The number of benzene rings is 1. The number of carboxylic acids is 1. The van der Waals surface area contributed by atoms with Gasteiger partial charge in [-0.3, -0.25) is 9.69 Å². The third-order valence-corrected chi connectivity index (χ3v) is 3.31. The van der Waals surface area contributed by atoms with Crippen LogP contribution in [0.3, 0.4) is 0 Å². The van der Waals surface area contributed by atoms with Crippen LogP contribution < -0.4 is 5.32 Å². The van der Waals surface area contributed by atoms with E-state index in [1.165, 1.54) is 0 Å². The maximum Gasteiger partial charge on any atom is 0.322 e. The van der Waals surface area contributed by atoms with Gasteiger partial charge in [0.25, 0.3) is 0 Å². The smallest absolute Gasteiger partial charge is 0.322 e. The van der Waals surface area contributed by atoms with Gasteiger partial charge in [-0.1, -0.05) is 34.1 Å². The molecule has 0 saturated heterocycles. The molecular weight excluding hydrogens is 284 g/mol. The Morgan fingerprint density at radius 2 is 2.18 bits per heavy atom. The van der Waals surface area contributed by atoms with Crippen LogP contribution in [0, 0.1) is 0 Å². The van der Waals surface area contributed by atoms with E-state index < -0.39 is 12.0 Å². The number of rotatable bonds is 6. The van der Waals surface area contributed by atoms with Crippen molar-refractivity contribution in [3.8, 4) is 0 Å². The van der Waals surface area contributed by atoms with E-state index >= 15 is 0 Å². The van der Waals surface area contributed by atoms with Gasteiger partial charge in [0, 0.05) is 17.6 Å². The fraction of sp³-hybridized carbons (Fsp3) is 0.417.